The van der Waals surface area contributed by atoms with Gasteiger partial charge in [0.2, 0.25) is 5.91 Å². The lowest BCUT2D eigenvalue weighted by Crippen LogP contribution is -2.16. The Labute approximate surface area is 173 Å². The Bertz CT molecular complexity index is 888. The van der Waals surface area contributed by atoms with Crippen molar-refractivity contribution in [2.45, 2.75) is 40.2 Å². The second kappa shape index (κ2) is 9.40. The second-order valence-electron chi connectivity index (χ2n) is 6.14. The summed E-state index contributed by atoms with van der Waals surface area (Å²) >= 11 is 13.2. The van der Waals surface area contributed by atoms with Gasteiger partial charge >= 0.3 is 5.97 Å². The van der Waals surface area contributed by atoms with Gasteiger partial charge in [-0.05, 0) is 56.5 Å². The van der Waals surface area contributed by atoms with Crippen molar-refractivity contribution in [2.24, 2.45) is 0 Å². The van der Waals surface area contributed by atoms with Crippen molar-refractivity contribution >= 4 is 57.5 Å². The van der Waals surface area contributed by atoms with Crippen molar-refractivity contribution < 1.29 is 14.3 Å². The lowest BCUT2D eigenvalue weighted by Gasteiger charge is -2.10. The standard InChI is InChI=1S/C20H21Cl2NO3S/c1-5-14-12(4)27-19(18(14)20(25)26-11(2)3)23-17(24)9-7-13-6-8-15(21)16(22)10-13/h6-11H,5H2,1-4H3,(H,23,24)/b9-7+. The zero-order valence-electron chi connectivity index (χ0n) is 15.6. The van der Waals surface area contributed by atoms with Gasteiger partial charge in [0, 0.05) is 11.0 Å². The van der Waals surface area contributed by atoms with Crippen molar-refractivity contribution in [3.63, 3.8) is 0 Å². The zero-order chi connectivity index (χ0) is 20.1. The molecule has 1 aromatic heterocycles. The first-order valence-electron chi connectivity index (χ1n) is 8.50. The molecule has 0 fully saturated rings. The third-order valence-electron chi connectivity index (χ3n) is 3.72. The molecule has 7 heteroatoms. The molecule has 1 aromatic carbocycles. The molecule has 0 radical (unpaired) electrons. The van der Waals surface area contributed by atoms with Gasteiger partial charge in [-0.25, -0.2) is 4.79 Å². The first-order chi connectivity index (χ1) is 12.7. The van der Waals surface area contributed by atoms with Crippen LogP contribution in [0.5, 0.6) is 0 Å². The van der Waals surface area contributed by atoms with Crippen molar-refractivity contribution in [2.75, 3.05) is 5.32 Å². The summed E-state index contributed by atoms with van der Waals surface area (Å²) in [5.41, 5.74) is 2.08. The summed E-state index contributed by atoms with van der Waals surface area (Å²) in [6.07, 6.45) is 3.46. The Hall–Kier alpha value is -1.82. The van der Waals surface area contributed by atoms with E-state index in [1.165, 1.54) is 17.4 Å². The quantitative estimate of drug-likeness (QED) is 0.446. The van der Waals surface area contributed by atoms with E-state index in [0.29, 0.717) is 27.0 Å². The van der Waals surface area contributed by atoms with Crippen LogP contribution in [-0.2, 0) is 16.0 Å². The zero-order valence-corrected chi connectivity index (χ0v) is 17.9. The highest BCUT2D eigenvalue weighted by atomic mass is 35.5. The van der Waals surface area contributed by atoms with Crippen molar-refractivity contribution in [1.29, 1.82) is 0 Å². The predicted molar refractivity (Wildman–Crippen MR) is 113 cm³/mol. The molecular formula is C20H21Cl2NO3S. The van der Waals surface area contributed by atoms with Gasteiger partial charge < -0.3 is 10.1 Å². The van der Waals surface area contributed by atoms with Crippen LogP contribution in [0.2, 0.25) is 10.0 Å². The number of carbonyl (C=O) groups is 2. The van der Waals surface area contributed by atoms with E-state index in [1.54, 1.807) is 38.1 Å². The van der Waals surface area contributed by atoms with Gasteiger partial charge in [-0.15, -0.1) is 11.3 Å². The van der Waals surface area contributed by atoms with Crippen molar-refractivity contribution in [3.05, 3.63) is 55.9 Å². The SMILES string of the molecule is CCc1c(C)sc(NC(=O)/C=C/c2ccc(Cl)c(Cl)c2)c1C(=O)OC(C)C. The number of hydrogen-bond acceptors (Lipinski definition) is 4. The molecule has 0 atom stereocenters. The fraction of sp³-hybridized carbons (Fsp3) is 0.300. The number of rotatable bonds is 6. The van der Waals surface area contributed by atoms with E-state index in [4.69, 9.17) is 27.9 Å². The lowest BCUT2D eigenvalue weighted by molar-refractivity contribution is -0.111. The maximum absolute atomic E-state index is 12.5. The van der Waals surface area contributed by atoms with E-state index in [2.05, 4.69) is 5.32 Å². The number of ether oxygens (including phenoxy) is 1. The summed E-state index contributed by atoms with van der Waals surface area (Å²) in [6, 6.07) is 5.09. The molecule has 0 aliphatic carbocycles. The van der Waals surface area contributed by atoms with Gasteiger partial charge in [0.25, 0.3) is 0 Å². The number of esters is 1. The van der Waals surface area contributed by atoms with E-state index in [1.807, 2.05) is 13.8 Å². The summed E-state index contributed by atoms with van der Waals surface area (Å²) in [6.45, 7) is 7.48. The molecule has 0 saturated heterocycles. The molecule has 0 aliphatic heterocycles. The number of benzene rings is 1. The highest BCUT2D eigenvalue weighted by Crippen LogP contribution is 2.34. The van der Waals surface area contributed by atoms with E-state index < -0.39 is 5.97 Å². The Morgan fingerprint density at radius 2 is 1.96 bits per heavy atom. The van der Waals surface area contributed by atoms with Gasteiger partial charge in [-0.3, -0.25) is 4.79 Å². The van der Waals surface area contributed by atoms with Gasteiger partial charge in [0.05, 0.1) is 21.7 Å². The lowest BCUT2D eigenvalue weighted by atomic mass is 10.1. The normalized spacial score (nSPS) is 11.2. The monoisotopic (exact) mass is 425 g/mol. The van der Waals surface area contributed by atoms with Gasteiger partial charge in [0.1, 0.15) is 5.00 Å². The highest BCUT2D eigenvalue weighted by Gasteiger charge is 2.23. The number of halogens is 2. The Morgan fingerprint density at radius 1 is 1.26 bits per heavy atom. The highest BCUT2D eigenvalue weighted by molar-refractivity contribution is 7.16. The smallest absolute Gasteiger partial charge is 0.341 e. The Kier molecular flexibility index (Phi) is 7.48. The van der Waals surface area contributed by atoms with Gasteiger partial charge in [-0.1, -0.05) is 36.2 Å². The van der Waals surface area contributed by atoms with Crippen LogP contribution in [0, 0.1) is 6.92 Å². The molecular weight excluding hydrogens is 405 g/mol. The Morgan fingerprint density at radius 3 is 2.56 bits per heavy atom. The third-order valence-corrected chi connectivity index (χ3v) is 5.52. The third kappa shape index (κ3) is 5.58. The van der Waals surface area contributed by atoms with Gasteiger partial charge in [0.15, 0.2) is 0 Å². The molecule has 0 spiro atoms. The number of aryl methyl sites for hydroxylation is 1. The summed E-state index contributed by atoms with van der Waals surface area (Å²) in [7, 11) is 0. The van der Waals surface area contributed by atoms with Gasteiger partial charge in [-0.2, -0.15) is 0 Å². The average molecular weight is 426 g/mol. The Balaban J connectivity index is 2.22. The van der Waals surface area contributed by atoms with Crippen LogP contribution < -0.4 is 5.32 Å². The van der Waals surface area contributed by atoms with Crippen LogP contribution in [0.25, 0.3) is 6.08 Å². The first kappa shape index (κ1) is 21.5. The first-order valence-corrected chi connectivity index (χ1v) is 10.1. The van der Waals surface area contributed by atoms with E-state index in [9.17, 15) is 9.59 Å². The molecule has 2 aromatic rings. The van der Waals surface area contributed by atoms with E-state index in [-0.39, 0.29) is 12.0 Å². The molecule has 4 nitrogen and oxygen atoms in total. The number of hydrogen-bond donors (Lipinski definition) is 1. The summed E-state index contributed by atoms with van der Waals surface area (Å²) in [5.74, 6) is -0.765. The number of carbonyl (C=O) groups excluding carboxylic acids is 2. The number of amides is 1. The van der Waals surface area contributed by atoms with Crippen LogP contribution >= 0.6 is 34.5 Å². The van der Waals surface area contributed by atoms with E-state index in [0.717, 1.165) is 16.0 Å². The van der Waals surface area contributed by atoms with Crippen LogP contribution in [0.4, 0.5) is 5.00 Å². The molecule has 144 valence electrons. The molecule has 0 bridgehead atoms. The van der Waals surface area contributed by atoms with Crippen LogP contribution in [0.1, 0.15) is 47.1 Å². The topological polar surface area (TPSA) is 55.4 Å². The van der Waals surface area contributed by atoms with Crippen LogP contribution in [-0.4, -0.2) is 18.0 Å². The minimum atomic E-state index is -0.421. The molecule has 0 aliphatic rings. The molecule has 0 saturated carbocycles. The fourth-order valence-corrected chi connectivity index (χ4v) is 3.97. The molecule has 0 unspecified atom stereocenters. The molecule has 1 heterocycles. The number of nitrogens with one attached hydrogen (secondary N) is 1. The number of thiophene rings is 1. The van der Waals surface area contributed by atoms with Crippen molar-refractivity contribution in [1.82, 2.24) is 0 Å². The minimum absolute atomic E-state index is 0.236. The summed E-state index contributed by atoms with van der Waals surface area (Å²) in [4.78, 5) is 25.8. The fourth-order valence-electron chi connectivity index (χ4n) is 2.52. The molecule has 2 rings (SSSR count). The molecule has 27 heavy (non-hydrogen) atoms. The van der Waals surface area contributed by atoms with E-state index >= 15 is 0 Å². The minimum Gasteiger partial charge on any atom is -0.459 e. The predicted octanol–water partition coefficient (Wildman–Crippen LogP) is 6.14. The number of anilines is 1. The average Bonchev–Trinajstić information content (AvgIpc) is 2.90. The largest absolute Gasteiger partial charge is 0.459 e. The summed E-state index contributed by atoms with van der Waals surface area (Å²) < 4.78 is 5.34. The molecule has 1 amide bonds. The van der Waals surface area contributed by atoms with Crippen LogP contribution in [0.15, 0.2) is 24.3 Å². The second-order valence-corrected chi connectivity index (χ2v) is 8.18. The van der Waals surface area contributed by atoms with Crippen molar-refractivity contribution in [3.8, 4) is 0 Å². The maximum atomic E-state index is 12.5. The molecule has 1 N–H and O–H groups in total. The van der Waals surface area contributed by atoms with Crippen LogP contribution in [0.3, 0.4) is 0 Å². The summed E-state index contributed by atoms with van der Waals surface area (Å²) in [5, 5.41) is 4.16. The maximum Gasteiger partial charge on any atom is 0.341 e.